The molecule has 2 N–H and O–H groups in total. The number of furan rings is 1. The molecule has 2 heterocycles. The van der Waals surface area contributed by atoms with Crippen LogP contribution in [0.25, 0.3) is 0 Å². The van der Waals surface area contributed by atoms with Gasteiger partial charge in [0.1, 0.15) is 12.4 Å². The first-order valence-corrected chi connectivity index (χ1v) is 10.4. The number of nitrogens with one attached hydrogen (secondary N) is 2. The topological polar surface area (TPSA) is 93.5 Å². The number of anilines is 1. The molecule has 7 nitrogen and oxygen atoms in total. The second-order valence-electron chi connectivity index (χ2n) is 6.60. The Labute approximate surface area is 182 Å². The smallest absolute Gasteiger partial charge is 0.291 e. The monoisotopic (exact) mass is 433 g/mol. The molecule has 8 heteroatoms. The Hall–Kier alpha value is -3.91. The SMILES string of the molecule is O=C(NCc1ccc(NC(=O)c2ccco2)cc1)c1ccc(OCc2cscn2)cc1. The number of aromatic nitrogens is 1. The standard InChI is InChI=1S/C23H19N3O4S/c27-22(17-5-9-20(10-6-17)30-13-19-14-31-15-25-19)24-12-16-3-7-18(8-4-16)26-23(28)21-2-1-11-29-21/h1-11,14-15H,12-13H2,(H,24,27)(H,26,28). The van der Waals surface area contributed by atoms with Crippen LogP contribution in [-0.4, -0.2) is 16.8 Å². The van der Waals surface area contributed by atoms with Crippen LogP contribution in [0.2, 0.25) is 0 Å². The van der Waals surface area contributed by atoms with Gasteiger partial charge < -0.3 is 19.8 Å². The van der Waals surface area contributed by atoms with Gasteiger partial charge in [0.25, 0.3) is 11.8 Å². The predicted octanol–water partition coefficient (Wildman–Crippen LogP) is 4.50. The maximum atomic E-state index is 12.4. The minimum Gasteiger partial charge on any atom is -0.487 e. The molecule has 4 rings (SSSR count). The molecule has 0 radical (unpaired) electrons. The van der Waals surface area contributed by atoms with Gasteiger partial charge >= 0.3 is 0 Å². The van der Waals surface area contributed by atoms with Crippen molar-refractivity contribution in [2.45, 2.75) is 13.2 Å². The maximum absolute atomic E-state index is 12.4. The molecular weight excluding hydrogens is 414 g/mol. The lowest BCUT2D eigenvalue weighted by atomic mass is 10.1. The first kappa shape index (κ1) is 20.4. The molecule has 0 atom stereocenters. The number of carbonyl (C=O) groups is 2. The normalized spacial score (nSPS) is 10.5. The summed E-state index contributed by atoms with van der Waals surface area (Å²) in [7, 11) is 0. The molecule has 0 aliphatic carbocycles. The first-order chi connectivity index (χ1) is 15.2. The quantitative estimate of drug-likeness (QED) is 0.427. The molecule has 0 saturated heterocycles. The molecule has 0 bridgehead atoms. The van der Waals surface area contributed by atoms with Crippen LogP contribution in [0.4, 0.5) is 5.69 Å². The summed E-state index contributed by atoms with van der Waals surface area (Å²) in [5.41, 5.74) is 4.73. The van der Waals surface area contributed by atoms with Crippen LogP contribution in [-0.2, 0) is 13.2 Å². The highest BCUT2D eigenvalue weighted by Gasteiger charge is 2.09. The fourth-order valence-electron chi connectivity index (χ4n) is 2.76. The lowest BCUT2D eigenvalue weighted by Crippen LogP contribution is -2.22. The van der Waals surface area contributed by atoms with Crippen molar-refractivity contribution in [3.63, 3.8) is 0 Å². The van der Waals surface area contributed by atoms with Crippen molar-refractivity contribution in [1.29, 1.82) is 0 Å². The average molecular weight is 433 g/mol. The minimum absolute atomic E-state index is 0.179. The van der Waals surface area contributed by atoms with Crippen LogP contribution in [0.5, 0.6) is 5.75 Å². The van der Waals surface area contributed by atoms with Gasteiger partial charge in [-0.2, -0.15) is 0 Å². The van der Waals surface area contributed by atoms with E-state index in [4.69, 9.17) is 9.15 Å². The number of thiazole rings is 1. The van der Waals surface area contributed by atoms with Crippen LogP contribution >= 0.6 is 11.3 Å². The molecular formula is C23H19N3O4S. The zero-order chi connectivity index (χ0) is 21.5. The van der Waals surface area contributed by atoms with Crippen molar-refractivity contribution in [3.05, 3.63) is 100 Å². The fourth-order valence-corrected chi connectivity index (χ4v) is 3.30. The van der Waals surface area contributed by atoms with Crippen molar-refractivity contribution < 1.29 is 18.7 Å². The van der Waals surface area contributed by atoms with Crippen molar-refractivity contribution in [3.8, 4) is 5.75 Å². The number of carbonyl (C=O) groups excluding carboxylic acids is 2. The molecule has 2 aromatic heterocycles. The highest BCUT2D eigenvalue weighted by molar-refractivity contribution is 7.07. The molecule has 0 saturated carbocycles. The zero-order valence-electron chi connectivity index (χ0n) is 16.4. The molecule has 0 aliphatic heterocycles. The van der Waals surface area contributed by atoms with Crippen LogP contribution < -0.4 is 15.4 Å². The van der Waals surface area contributed by atoms with E-state index in [1.807, 2.05) is 17.5 Å². The summed E-state index contributed by atoms with van der Waals surface area (Å²) in [6.07, 6.45) is 1.45. The number of hydrogen-bond acceptors (Lipinski definition) is 6. The molecule has 0 aliphatic rings. The molecule has 0 fully saturated rings. The Kier molecular flexibility index (Phi) is 6.39. The number of hydrogen-bond donors (Lipinski definition) is 2. The lowest BCUT2D eigenvalue weighted by Gasteiger charge is -2.08. The Morgan fingerprint density at radius 3 is 2.48 bits per heavy atom. The molecule has 2 amide bonds. The Bertz CT molecular complexity index is 1120. The second-order valence-corrected chi connectivity index (χ2v) is 7.32. The highest BCUT2D eigenvalue weighted by atomic mass is 32.1. The summed E-state index contributed by atoms with van der Waals surface area (Å²) >= 11 is 1.52. The van der Waals surface area contributed by atoms with Crippen LogP contribution in [0.15, 0.2) is 82.2 Å². The van der Waals surface area contributed by atoms with Crippen LogP contribution in [0.1, 0.15) is 32.2 Å². The van der Waals surface area contributed by atoms with E-state index < -0.39 is 0 Å². The van der Waals surface area contributed by atoms with Gasteiger partial charge in [-0.15, -0.1) is 11.3 Å². The van der Waals surface area contributed by atoms with Crippen LogP contribution in [0, 0.1) is 0 Å². The third-order valence-corrected chi connectivity index (χ3v) is 5.03. The minimum atomic E-state index is -0.315. The third kappa shape index (κ3) is 5.58. The summed E-state index contributed by atoms with van der Waals surface area (Å²) in [4.78, 5) is 28.5. The van der Waals surface area contributed by atoms with Gasteiger partial charge in [0.2, 0.25) is 0 Å². The number of rotatable bonds is 8. The molecule has 31 heavy (non-hydrogen) atoms. The predicted molar refractivity (Wildman–Crippen MR) is 117 cm³/mol. The van der Waals surface area contributed by atoms with Gasteiger partial charge in [-0.1, -0.05) is 12.1 Å². The van der Waals surface area contributed by atoms with Gasteiger partial charge in [0.15, 0.2) is 5.76 Å². The van der Waals surface area contributed by atoms with Crippen molar-refractivity contribution in [2.75, 3.05) is 5.32 Å². The second kappa shape index (κ2) is 9.73. The molecule has 4 aromatic rings. The summed E-state index contributed by atoms with van der Waals surface area (Å²) in [6.45, 7) is 0.764. The van der Waals surface area contributed by atoms with E-state index in [1.54, 1.807) is 54.0 Å². The number of benzene rings is 2. The first-order valence-electron chi connectivity index (χ1n) is 9.49. The summed E-state index contributed by atoms with van der Waals surface area (Å²) < 4.78 is 10.7. The van der Waals surface area contributed by atoms with E-state index in [1.165, 1.54) is 17.6 Å². The average Bonchev–Trinajstić information content (AvgIpc) is 3.52. The van der Waals surface area contributed by atoms with Gasteiger partial charge in [-0.05, 0) is 54.1 Å². The number of ether oxygens (including phenoxy) is 1. The van der Waals surface area contributed by atoms with Gasteiger partial charge in [-0.3, -0.25) is 9.59 Å². The highest BCUT2D eigenvalue weighted by Crippen LogP contribution is 2.15. The van der Waals surface area contributed by atoms with E-state index >= 15 is 0 Å². The van der Waals surface area contributed by atoms with E-state index in [-0.39, 0.29) is 17.6 Å². The Morgan fingerprint density at radius 2 is 1.81 bits per heavy atom. The van der Waals surface area contributed by atoms with Gasteiger partial charge in [-0.25, -0.2) is 4.98 Å². The summed E-state index contributed by atoms with van der Waals surface area (Å²) in [5, 5.41) is 7.56. The Morgan fingerprint density at radius 1 is 1.00 bits per heavy atom. The molecule has 0 spiro atoms. The number of amides is 2. The summed E-state index contributed by atoms with van der Waals surface area (Å²) in [6, 6.07) is 17.4. The summed E-state index contributed by atoms with van der Waals surface area (Å²) in [5.74, 6) is 0.430. The molecule has 0 unspecified atom stereocenters. The number of nitrogens with zero attached hydrogens (tertiary/aromatic N) is 1. The van der Waals surface area contributed by atoms with Crippen molar-refractivity contribution in [1.82, 2.24) is 10.3 Å². The van der Waals surface area contributed by atoms with Crippen molar-refractivity contribution >= 4 is 28.8 Å². The Balaban J connectivity index is 1.25. The third-order valence-electron chi connectivity index (χ3n) is 4.40. The van der Waals surface area contributed by atoms with E-state index in [2.05, 4.69) is 15.6 Å². The fraction of sp³-hybridized carbons (Fsp3) is 0.0870. The maximum Gasteiger partial charge on any atom is 0.291 e. The lowest BCUT2D eigenvalue weighted by molar-refractivity contribution is 0.0949. The molecule has 2 aromatic carbocycles. The molecule has 156 valence electrons. The van der Waals surface area contributed by atoms with Crippen molar-refractivity contribution in [2.24, 2.45) is 0 Å². The van der Waals surface area contributed by atoms with Crippen LogP contribution in [0.3, 0.4) is 0 Å². The van der Waals surface area contributed by atoms with E-state index in [0.29, 0.717) is 30.2 Å². The van der Waals surface area contributed by atoms with Gasteiger partial charge in [0, 0.05) is 23.2 Å². The zero-order valence-corrected chi connectivity index (χ0v) is 17.2. The van der Waals surface area contributed by atoms with Gasteiger partial charge in [0.05, 0.1) is 17.5 Å². The van der Waals surface area contributed by atoms with E-state index in [0.717, 1.165) is 11.3 Å². The largest absolute Gasteiger partial charge is 0.487 e. The van der Waals surface area contributed by atoms with E-state index in [9.17, 15) is 9.59 Å².